The summed E-state index contributed by atoms with van der Waals surface area (Å²) in [5.74, 6) is 1.22. The second kappa shape index (κ2) is 13.4. The number of benzene rings is 4. The zero-order valence-electron chi connectivity index (χ0n) is 31.2. The van der Waals surface area contributed by atoms with Crippen molar-refractivity contribution in [2.45, 2.75) is 89.4 Å². The number of rotatable bonds is 4. The van der Waals surface area contributed by atoms with E-state index in [9.17, 15) is 0 Å². The van der Waals surface area contributed by atoms with Gasteiger partial charge in [0.1, 0.15) is 0 Å². The lowest BCUT2D eigenvalue weighted by Crippen LogP contribution is -2.54. The summed E-state index contributed by atoms with van der Waals surface area (Å²) in [6, 6.07) is 41.6. The Hall–Kier alpha value is -4.60. The maximum atomic E-state index is 4.89. The highest BCUT2D eigenvalue weighted by Gasteiger charge is 2.44. The maximum Gasteiger partial charge on any atom is 0.218 e. The number of fused-ring (bicyclic) bond motifs is 10. The Kier molecular flexibility index (Phi) is 8.58. The summed E-state index contributed by atoms with van der Waals surface area (Å²) in [5.41, 5.74) is 13.6. The first kappa shape index (κ1) is 33.2. The van der Waals surface area contributed by atoms with E-state index in [2.05, 4.69) is 150 Å². The van der Waals surface area contributed by atoms with Crippen LogP contribution in [0.5, 0.6) is 0 Å². The molecule has 0 bridgehead atoms. The summed E-state index contributed by atoms with van der Waals surface area (Å²) in [7, 11) is -1.64. The lowest BCUT2D eigenvalue weighted by Gasteiger charge is -2.33. The first-order chi connectivity index (χ1) is 25.3. The Morgan fingerprint density at radius 2 is 1.42 bits per heavy atom. The van der Waals surface area contributed by atoms with Crippen LogP contribution in [0.15, 0.2) is 128 Å². The molecule has 2 aliphatic heterocycles. The van der Waals surface area contributed by atoms with Gasteiger partial charge in [-0.1, -0.05) is 125 Å². The van der Waals surface area contributed by atoms with Crippen molar-refractivity contribution in [1.82, 2.24) is 0 Å². The van der Waals surface area contributed by atoms with E-state index in [1.54, 1.807) is 10.8 Å². The van der Waals surface area contributed by atoms with Crippen LogP contribution >= 0.6 is 0 Å². The van der Waals surface area contributed by atoms with Crippen molar-refractivity contribution in [3.63, 3.8) is 0 Å². The van der Waals surface area contributed by atoms with Crippen molar-refractivity contribution >= 4 is 29.7 Å². The number of hydrogen-bond acceptors (Lipinski definition) is 0. The van der Waals surface area contributed by atoms with Gasteiger partial charge in [-0.25, -0.2) is 0 Å². The topological polar surface area (TPSA) is 7.76 Å². The smallest absolute Gasteiger partial charge is 0.194 e. The molecule has 3 heteroatoms. The van der Waals surface area contributed by atoms with Crippen LogP contribution in [0.3, 0.4) is 0 Å². The Bertz CT molecular complexity index is 2320. The molecule has 0 amide bonds. The minimum Gasteiger partial charge on any atom is -0.194 e. The standard InChI is InChI=1S/C49H52N2Si/c1-34-28-46-45(43-20-12-13-21-44(43)48-32-41(29-35-14-6-5-7-15-35)49(33-51(46)48)52(2,3)4)25-24-37-17-10-11-19-42(37)47-31-40(26-27-50(34)47)39-23-22-36-16-8-9-18-38(36)30-39/h8-13,16-23,26-27,30-33,35,45-46H,1,5-7,14-15,24-25,28-29H2,2-4H3/q+2. The highest BCUT2D eigenvalue weighted by Crippen LogP contribution is 2.44. The molecule has 0 N–H and O–H groups in total. The quantitative estimate of drug-likeness (QED) is 0.128. The van der Waals surface area contributed by atoms with E-state index in [1.807, 2.05) is 0 Å². The molecule has 52 heavy (non-hydrogen) atoms. The highest BCUT2D eigenvalue weighted by atomic mass is 28.3. The predicted molar refractivity (Wildman–Crippen MR) is 220 cm³/mol. The molecule has 2 atom stereocenters. The molecule has 1 aliphatic carbocycles. The molecule has 2 nitrogen and oxygen atoms in total. The molecule has 9 rings (SSSR count). The van der Waals surface area contributed by atoms with Gasteiger partial charge in [0.2, 0.25) is 11.4 Å². The Morgan fingerprint density at radius 1 is 0.692 bits per heavy atom. The van der Waals surface area contributed by atoms with E-state index >= 15 is 0 Å². The van der Waals surface area contributed by atoms with Gasteiger partial charge in [-0.2, -0.15) is 9.13 Å². The molecular formula is C49H52N2Si+2. The van der Waals surface area contributed by atoms with Gasteiger partial charge >= 0.3 is 0 Å². The van der Waals surface area contributed by atoms with Crippen molar-refractivity contribution in [3.8, 4) is 33.6 Å². The summed E-state index contributed by atoms with van der Waals surface area (Å²) in [6.45, 7) is 12.5. The van der Waals surface area contributed by atoms with Gasteiger partial charge in [0, 0.05) is 40.4 Å². The van der Waals surface area contributed by atoms with E-state index < -0.39 is 8.07 Å². The van der Waals surface area contributed by atoms with Crippen molar-refractivity contribution in [2.24, 2.45) is 5.92 Å². The molecule has 1 saturated carbocycles. The van der Waals surface area contributed by atoms with Gasteiger partial charge in [-0.15, -0.1) is 0 Å². The SMILES string of the molecule is C=C1CC2C(CCc3ccccc3-c3cc(-c4ccc5ccccc5c4)cc[n+]31)c1ccccc1-c1cc(CC3CCCCC3)c([Si](C)(C)C)c[n+]12. The van der Waals surface area contributed by atoms with Crippen LogP contribution < -0.4 is 14.3 Å². The largest absolute Gasteiger partial charge is 0.218 e. The summed E-state index contributed by atoms with van der Waals surface area (Å²) in [6.07, 6.45) is 16.2. The number of pyridine rings is 2. The van der Waals surface area contributed by atoms with E-state index in [0.29, 0.717) is 12.0 Å². The van der Waals surface area contributed by atoms with Gasteiger partial charge in [0.25, 0.3) is 0 Å². The highest BCUT2D eigenvalue weighted by molar-refractivity contribution is 6.89. The molecule has 0 radical (unpaired) electrons. The van der Waals surface area contributed by atoms with Gasteiger partial charge in [0.05, 0.1) is 14.5 Å². The van der Waals surface area contributed by atoms with Crippen LogP contribution in [0.4, 0.5) is 0 Å². The van der Waals surface area contributed by atoms with Crippen LogP contribution in [0.1, 0.15) is 73.6 Å². The van der Waals surface area contributed by atoms with Gasteiger partial charge in [-0.05, 0) is 88.5 Å². The number of aryl methyl sites for hydroxylation is 1. The van der Waals surface area contributed by atoms with E-state index in [0.717, 1.165) is 30.9 Å². The molecule has 4 heterocycles. The van der Waals surface area contributed by atoms with Crippen molar-refractivity contribution < 1.29 is 9.13 Å². The maximum absolute atomic E-state index is 4.89. The lowest BCUT2D eigenvalue weighted by atomic mass is 9.77. The van der Waals surface area contributed by atoms with Crippen LogP contribution in [-0.4, -0.2) is 8.07 Å². The Balaban J connectivity index is 1.18. The lowest BCUT2D eigenvalue weighted by molar-refractivity contribution is -0.719. The molecule has 3 aliphatic rings. The van der Waals surface area contributed by atoms with E-state index in [-0.39, 0.29) is 0 Å². The molecule has 2 aromatic heterocycles. The third kappa shape index (κ3) is 6.07. The minimum absolute atomic E-state index is 0.294. The third-order valence-corrected chi connectivity index (χ3v) is 14.6. The molecule has 2 unspecified atom stereocenters. The summed E-state index contributed by atoms with van der Waals surface area (Å²) < 4.78 is 5.14. The Morgan fingerprint density at radius 3 is 2.25 bits per heavy atom. The van der Waals surface area contributed by atoms with Crippen molar-refractivity contribution in [1.29, 1.82) is 0 Å². The van der Waals surface area contributed by atoms with Gasteiger partial charge in [-0.3, -0.25) is 0 Å². The fourth-order valence-electron chi connectivity index (χ4n) is 9.86. The van der Waals surface area contributed by atoms with Gasteiger partial charge in [0.15, 0.2) is 24.1 Å². The summed E-state index contributed by atoms with van der Waals surface area (Å²) in [5, 5.41) is 4.20. The number of allylic oxidation sites excluding steroid dienone is 1. The fourth-order valence-corrected chi connectivity index (χ4v) is 11.5. The third-order valence-electron chi connectivity index (χ3n) is 12.5. The van der Waals surface area contributed by atoms with Crippen LogP contribution in [0.25, 0.3) is 50.1 Å². The van der Waals surface area contributed by atoms with Gasteiger partial charge < -0.3 is 0 Å². The van der Waals surface area contributed by atoms with Crippen LogP contribution in [0.2, 0.25) is 19.6 Å². The fraction of sp³-hybridized carbons (Fsp3) is 0.306. The zero-order valence-corrected chi connectivity index (χ0v) is 32.2. The molecule has 0 spiro atoms. The molecule has 4 aromatic carbocycles. The predicted octanol–water partition coefficient (Wildman–Crippen LogP) is 11.2. The zero-order chi connectivity index (χ0) is 35.4. The second-order valence-corrected chi connectivity index (χ2v) is 22.0. The molecular weight excluding hydrogens is 645 g/mol. The summed E-state index contributed by atoms with van der Waals surface area (Å²) in [4.78, 5) is 0. The van der Waals surface area contributed by atoms with E-state index in [1.165, 1.54) is 94.1 Å². The molecule has 6 aromatic rings. The average Bonchev–Trinajstić information content (AvgIpc) is 3.17. The molecule has 260 valence electrons. The van der Waals surface area contributed by atoms with Crippen molar-refractivity contribution in [2.75, 3.05) is 0 Å². The summed E-state index contributed by atoms with van der Waals surface area (Å²) >= 11 is 0. The van der Waals surface area contributed by atoms with E-state index in [4.69, 9.17) is 6.58 Å². The number of aromatic nitrogens is 2. The second-order valence-electron chi connectivity index (χ2n) is 16.9. The normalized spacial score (nSPS) is 18.9. The van der Waals surface area contributed by atoms with Crippen LogP contribution in [0, 0.1) is 5.92 Å². The Labute approximate surface area is 311 Å². The molecule has 1 fully saturated rings. The first-order valence-corrected chi connectivity index (χ1v) is 23.3. The average molecular weight is 697 g/mol. The minimum atomic E-state index is -1.64. The van der Waals surface area contributed by atoms with Crippen LogP contribution in [-0.2, 0) is 12.8 Å². The number of hydrogen-bond donors (Lipinski definition) is 0. The monoisotopic (exact) mass is 696 g/mol. The van der Waals surface area contributed by atoms with Crippen molar-refractivity contribution in [3.05, 3.63) is 145 Å². The number of nitrogens with zero attached hydrogens (tertiary/aromatic N) is 2. The molecule has 0 saturated heterocycles. The first-order valence-electron chi connectivity index (χ1n) is 19.8.